The summed E-state index contributed by atoms with van der Waals surface area (Å²) in [5.74, 6) is 1.60. The van der Waals surface area contributed by atoms with Crippen molar-refractivity contribution in [3.05, 3.63) is 23.8 Å². The third-order valence-corrected chi connectivity index (χ3v) is 7.53. The number of hydrogen-bond acceptors (Lipinski definition) is 3. The summed E-state index contributed by atoms with van der Waals surface area (Å²) in [6.07, 6.45) is 12.5. The number of anilines is 2. The zero-order valence-electron chi connectivity index (χ0n) is 19.2. The van der Waals surface area contributed by atoms with Gasteiger partial charge >= 0.3 is 0 Å². The second-order valence-corrected chi connectivity index (χ2v) is 9.99. The number of carbonyl (C=O) groups excluding carboxylic acids is 2. The number of likely N-dealkylation sites (tertiary alicyclic amines) is 1. The number of nitrogens with one attached hydrogen (secondary N) is 1. The van der Waals surface area contributed by atoms with Crippen LogP contribution in [0.2, 0.25) is 0 Å². The molecule has 2 aliphatic heterocycles. The highest BCUT2D eigenvalue weighted by Gasteiger charge is 2.26. The largest absolute Gasteiger partial charge is 0.371 e. The molecule has 1 aromatic carbocycles. The van der Waals surface area contributed by atoms with E-state index in [0.717, 1.165) is 62.4 Å². The summed E-state index contributed by atoms with van der Waals surface area (Å²) in [6.45, 7) is 5.94. The minimum absolute atomic E-state index is 0.0721. The van der Waals surface area contributed by atoms with Gasteiger partial charge in [-0.25, -0.2) is 0 Å². The van der Waals surface area contributed by atoms with Crippen LogP contribution in [0.3, 0.4) is 0 Å². The normalized spacial score (nSPS) is 20.8. The topological polar surface area (TPSA) is 52.7 Å². The predicted octanol–water partition coefficient (Wildman–Crippen LogP) is 5.46. The van der Waals surface area contributed by atoms with Gasteiger partial charge in [-0.05, 0) is 68.6 Å². The Morgan fingerprint density at radius 1 is 0.935 bits per heavy atom. The Bertz CT molecular complexity index is 758. The molecule has 0 radical (unpaired) electrons. The molecule has 170 valence electrons. The number of benzene rings is 1. The van der Waals surface area contributed by atoms with Gasteiger partial charge in [-0.3, -0.25) is 9.59 Å². The highest BCUT2D eigenvalue weighted by atomic mass is 16.2. The van der Waals surface area contributed by atoms with Crippen LogP contribution in [0.25, 0.3) is 0 Å². The van der Waals surface area contributed by atoms with E-state index in [1.54, 1.807) is 0 Å². The van der Waals surface area contributed by atoms with E-state index in [1.807, 2.05) is 17.0 Å². The van der Waals surface area contributed by atoms with Crippen molar-refractivity contribution in [1.82, 2.24) is 4.90 Å². The van der Waals surface area contributed by atoms with Gasteiger partial charge in [0.1, 0.15) is 0 Å². The Morgan fingerprint density at radius 2 is 1.65 bits per heavy atom. The van der Waals surface area contributed by atoms with E-state index < -0.39 is 0 Å². The van der Waals surface area contributed by atoms with Crippen LogP contribution in [-0.2, 0) is 4.79 Å². The maximum absolute atomic E-state index is 13.5. The van der Waals surface area contributed by atoms with Crippen LogP contribution >= 0.6 is 0 Å². The molecule has 0 aromatic heterocycles. The van der Waals surface area contributed by atoms with E-state index in [-0.39, 0.29) is 11.8 Å². The molecular weight excluding hydrogens is 386 g/mol. The fraction of sp³-hybridized carbons (Fsp3) is 0.692. The quantitative estimate of drug-likeness (QED) is 0.659. The molecule has 3 aliphatic rings. The first-order valence-electron chi connectivity index (χ1n) is 12.6. The fourth-order valence-corrected chi connectivity index (χ4v) is 5.44. The van der Waals surface area contributed by atoms with Crippen molar-refractivity contribution in [1.29, 1.82) is 0 Å². The van der Waals surface area contributed by atoms with Gasteiger partial charge in [0.05, 0.1) is 5.56 Å². The zero-order valence-corrected chi connectivity index (χ0v) is 19.2. The van der Waals surface area contributed by atoms with Crippen molar-refractivity contribution in [3.8, 4) is 0 Å². The molecule has 2 heterocycles. The van der Waals surface area contributed by atoms with Crippen molar-refractivity contribution in [2.75, 3.05) is 36.4 Å². The zero-order chi connectivity index (χ0) is 21.6. The summed E-state index contributed by atoms with van der Waals surface area (Å²) in [5.41, 5.74) is 2.54. The molecule has 2 amide bonds. The molecule has 0 unspecified atom stereocenters. The summed E-state index contributed by atoms with van der Waals surface area (Å²) in [7, 11) is 0. The number of carbonyl (C=O) groups is 2. The molecule has 0 spiro atoms. The number of nitrogens with zero attached hydrogens (tertiary/aromatic N) is 2. The highest BCUT2D eigenvalue weighted by Crippen LogP contribution is 2.31. The molecule has 1 saturated carbocycles. The molecule has 5 heteroatoms. The molecular formula is C26H39N3O2. The van der Waals surface area contributed by atoms with Crippen molar-refractivity contribution in [2.45, 2.75) is 77.6 Å². The van der Waals surface area contributed by atoms with E-state index in [4.69, 9.17) is 0 Å². The molecule has 1 aliphatic carbocycles. The van der Waals surface area contributed by atoms with Gasteiger partial charge in [-0.1, -0.05) is 32.6 Å². The van der Waals surface area contributed by atoms with Gasteiger partial charge in [0.2, 0.25) is 5.91 Å². The third kappa shape index (κ3) is 5.81. The average Bonchev–Trinajstić information content (AvgIpc) is 3.32. The Labute approximate surface area is 187 Å². The molecule has 0 bridgehead atoms. The molecule has 2 saturated heterocycles. The Kier molecular flexibility index (Phi) is 7.52. The van der Waals surface area contributed by atoms with Gasteiger partial charge in [0.15, 0.2) is 0 Å². The molecule has 1 aromatic rings. The molecule has 31 heavy (non-hydrogen) atoms. The number of amides is 2. The van der Waals surface area contributed by atoms with Crippen LogP contribution in [0.5, 0.6) is 0 Å². The maximum atomic E-state index is 13.5. The van der Waals surface area contributed by atoms with Crippen LogP contribution in [0, 0.1) is 11.8 Å². The van der Waals surface area contributed by atoms with E-state index in [9.17, 15) is 9.59 Å². The molecule has 4 rings (SSSR count). The predicted molar refractivity (Wildman–Crippen MR) is 127 cm³/mol. The lowest BCUT2D eigenvalue weighted by Gasteiger charge is -2.34. The Morgan fingerprint density at radius 3 is 2.35 bits per heavy atom. The fourth-order valence-electron chi connectivity index (χ4n) is 5.44. The summed E-state index contributed by atoms with van der Waals surface area (Å²) >= 11 is 0. The van der Waals surface area contributed by atoms with Crippen molar-refractivity contribution >= 4 is 23.2 Å². The minimum atomic E-state index is 0.0721. The van der Waals surface area contributed by atoms with E-state index in [1.165, 1.54) is 44.9 Å². The van der Waals surface area contributed by atoms with E-state index in [0.29, 0.717) is 18.3 Å². The van der Waals surface area contributed by atoms with Gasteiger partial charge in [0, 0.05) is 44.0 Å². The maximum Gasteiger partial charge on any atom is 0.256 e. The number of rotatable bonds is 6. The molecule has 1 N–H and O–H groups in total. The van der Waals surface area contributed by atoms with Crippen molar-refractivity contribution in [2.24, 2.45) is 11.8 Å². The lowest BCUT2D eigenvalue weighted by molar-refractivity contribution is -0.116. The van der Waals surface area contributed by atoms with E-state index >= 15 is 0 Å². The van der Waals surface area contributed by atoms with Crippen LogP contribution in [-0.4, -0.2) is 42.9 Å². The van der Waals surface area contributed by atoms with Gasteiger partial charge < -0.3 is 15.1 Å². The SMILES string of the molecule is CC1CCN(C(=O)c2cc(NC(=O)CCC3CCCC3)ccc2N2CCCCC2)CC1. The van der Waals surface area contributed by atoms with Crippen LogP contribution in [0.1, 0.15) is 87.9 Å². The van der Waals surface area contributed by atoms with Crippen LogP contribution in [0.4, 0.5) is 11.4 Å². The standard InChI is InChI=1S/C26H39N3O2/c1-20-13-17-29(18-14-20)26(31)23-19-22(10-11-24(23)28-15-5-2-6-16-28)27-25(30)12-9-21-7-3-4-8-21/h10-11,19-21H,2-9,12-18H2,1H3,(H,27,30). The van der Waals surface area contributed by atoms with Gasteiger partial charge in [0.25, 0.3) is 5.91 Å². The second kappa shape index (κ2) is 10.5. The van der Waals surface area contributed by atoms with Crippen LogP contribution in [0.15, 0.2) is 18.2 Å². The smallest absolute Gasteiger partial charge is 0.256 e. The summed E-state index contributed by atoms with van der Waals surface area (Å²) in [4.78, 5) is 30.4. The van der Waals surface area contributed by atoms with Crippen LogP contribution < -0.4 is 10.2 Å². The highest BCUT2D eigenvalue weighted by molar-refractivity contribution is 6.02. The average molecular weight is 426 g/mol. The monoisotopic (exact) mass is 425 g/mol. The second-order valence-electron chi connectivity index (χ2n) is 9.99. The molecule has 5 nitrogen and oxygen atoms in total. The minimum Gasteiger partial charge on any atom is -0.371 e. The van der Waals surface area contributed by atoms with Gasteiger partial charge in [-0.2, -0.15) is 0 Å². The summed E-state index contributed by atoms with van der Waals surface area (Å²) in [5, 5.41) is 3.07. The summed E-state index contributed by atoms with van der Waals surface area (Å²) in [6, 6.07) is 5.96. The number of piperidine rings is 2. The first kappa shape index (κ1) is 22.2. The van der Waals surface area contributed by atoms with E-state index in [2.05, 4.69) is 23.2 Å². The lowest BCUT2D eigenvalue weighted by atomic mass is 9.98. The van der Waals surface area contributed by atoms with Gasteiger partial charge in [-0.15, -0.1) is 0 Å². The first-order chi connectivity index (χ1) is 15.1. The lowest BCUT2D eigenvalue weighted by Crippen LogP contribution is -2.39. The molecule has 0 atom stereocenters. The molecule has 3 fully saturated rings. The Balaban J connectivity index is 1.48. The third-order valence-electron chi connectivity index (χ3n) is 7.53. The van der Waals surface area contributed by atoms with Crippen molar-refractivity contribution in [3.63, 3.8) is 0 Å². The summed E-state index contributed by atoms with van der Waals surface area (Å²) < 4.78 is 0. The first-order valence-corrected chi connectivity index (χ1v) is 12.6. The number of hydrogen-bond donors (Lipinski definition) is 1. The Hall–Kier alpha value is -2.04. The van der Waals surface area contributed by atoms with Crippen molar-refractivity contribution < 1.29 is 9.59 Å².